The molecule has 162 valence electrons. The fourth-order valence-corrected chi connectivity index (χ4v) is 7.64. The van der Waals surface area contributed by atoms with Crippen LogP contribution in [0.15, 0.2) is 78.9 Å². The van der Waals surface area contributed by atoms with E-state index in [0.717, 1.165) is 0 Å². The molecule has 1 unspecified atom stereocenters. The molecular weight excluding hydrogens is 617 g/mol. The van der Waals surface area contributed by atoms with Gasteiger partial charge in [0.1, 0.15) is 0 Å². The van der Waals surface area contributed by atoms with E-state index in [-0.39, 0.29) is 58.2 Å². The molecule has 0 nitrogen and oxygen atoms in total. The Hall–Kier alpha value is -1.11. The third-order valence-electron chi connectivity index (χ3n) is 6.35. The summed E-state index contributed by atoms with van der Waals surface area (Å²) in [5.41, 5.74) is 4.46. The van der Waals surface area contributed by atoms with Crippen molar-refractivity contribution in [2.24, 2.45) is 0 Å². The van der Waals surface area contributed by atoms with Gasteiger partial charge in [0.15, 0.2) is 0 Å². The van der Waals surface area contributed by atoms with Crippen molar-refractivity contribution in [3.8, 4) is 5.30 Å². The predicted octanol–water partition coefficient (Wildman–Crippen LogP) is 2.59. The summed E-state index contributed by atoms with van der Waals surface area (Å²) in [5, 5.41) is 9.24. The van der Waals surface area contributed by atoms with Gasteiger partial charge in [-0.1, -0.05) is 49.5 Å². The molecule has 1 aliphatic carbocycles. The maximum atomic E-state index is 2.43. The van der Waals surface area contributed by atoms with E-state index in [0.29, 0.717) is 0 Å². The molecule has 0 saturated heterocycles. The number of benzene rings is 2. The summed E-state index contributed by atoms with van der Waals surface area (Å²) in [6.45, 7) is 4.24. The van der Waals surface area contributed by atoms with Gasteiger partial charge in [-0.15, -0.1) is 42.6 Å². The first-order valence-electron chi connectivity index (χ1n) is 10.7. The predicted molar refractivity (Wildman–Crippen MR) is 129 cm³/mol. The molecule has 0 spiro atoms. The summed E-state index contributed by atoms with van der Waals surface area (Å²) >= 11 is 0. The van der Waals surface area contributed by atoms with E-state index in [1.165, 1.54) is 47.6 Å². The minimum Gasteiger partial charge on any atom is -1.00 e. The molecule has 5 aromatic rings. The van der Waals surface area contributed by atoms with E-state index in [9.17, 15) is 0 Å². The van der Waals surface area contributed by atoms with E-state index < -0.39 is 0 Å². The molecule has 6 rings (SSSR count). The second-order valence-corrected chi connectivity index (χ2v) is 10.4. The molecule has 0 saturated carbocycles. The molecule has 0 N–H and O–H groups in total. The molecule has 1 aliphatic rings. The topological polar surface area (TPSA) is 0 Å². The second kappa shape index (κ2) is 11.8. The average Bonchev–Trinajstić information content (AvgIpc) is 3.43. The van der Waals surface area contributed by atoms with Crippen molar-refractivity contribution in [2.45, 2.75) is 39.5 Å². The van der Waals surface area contributed by atoms with Crippen LogP contribution >= 0.6 is 7.53 Å². The molecule has 0 aliphatic heterocycles. The van der Waals surface area contributed by atoms with Crippen LogP contribution in [0.3, 0.4) is 0 Å². The fraction of sp³-hybridized carbons (Fsp3) is 0.214. The molecule has 0 amide bonds. The minimum absolute atomic E-state index is 0. The van der Waals surface area contributed by atoms with E-state index in [1.807, 2.05) is 0 Å². The third kappa shape index (κ3) is 5.18. The number of rotatable bonds is 1. The molecule has 1 aromatic heterocycles. The quantitative estimate of drug-likeness (QED) is 0.195. The second-order valence-electron chi connectivity index (χ2n) is 8.22. The molecule has 32 heavy (non-hydrogen) atoms. The molecule has 4 aromatic carbocycles. The van der Waals surface area contributed by atoms with Crippen molar-refractivity contribution >= 4 is 28.8 Å². The summed E-state index contributed by atoms with van der Waals surface area (Å²) < 4.78 is 0. The zero-order valence-corrected chi connectivity index (χ0v) is 24.5. The van der Waals surface area contributed by atoms with Crippen LogP contribution < -0.4 is 24.8 Å². The smallest absolute Gasteiger partial charge is 1.00 e. The largest absolute Gasteiger partial charge is 4.00 e. The van der Waals surface area contributed by atoms with Crippen LogP contribution in [-0.4, -0.2) is 0 Å². The first-order chi connectivity index (χ1) is 14.2. The Kier molecular flexibility index (Phi) is 10.0. The van der Waals surface area contributed by atoms with E-state index >= 15 is 0 Å². The number of aryl methyl sites for hydroxylation is 3. The van der Waals surface area contributed by atoms with Crippen molar-refractivity contribution in [3.05, 3.63) is 101 Å². The van der Waals surface area contributed by atoms with Gasteiger partial charge < -0.3 is 24.8 Å². The number of fused-ring (bicyclic) bond motifs is 4. The SMILES string of the molecule is Cc1ccc[c-]1C.[Cl-].[Cl-].[Hf+4].c1ccc2[cH-]c(-p3c4c(c5ccccc53)CCCC4)cc2c1. The van der Waals surface area contributed by atoms with Gasteiger partial charge in [-0.05, 0) is 41.9 Å². The molecule has 0 fully saturated rings. The molecular formula is C28H27Cl2HfP. The number of hydrogen-bond acceptors (Lipinski definition) is 0. The van der Waals surface area contributed by atoms with E-state index in [1.54, 1.807) is 26.7 Å². The maximum absolute atomic E-state index is 2.43. The van der Waals surface area contributed by atoms with Crippen LogP contribution in [0.2, 0.25) is 0 Å². The number of halogens is 2. The Morgan fingerprint density at radius 2 is 1.59 bits per heavy atom. The van der Waals surface area contributed by atoms with Crippen LogP contribution in [0.1, 0.15) is 34.8 Å². The Morgan fingerprint density at radius 1 is 0.875 bits per heavy atom. The van der Waals surface area contributed by atoms with Crippen molar-refractivity contribution in [2.75, 3.05) is 0 Å². The Morgan fingerprint density at radius 3 is 2.28 bits per heavy atom. The van der Waals surface area contributed by atoms with Gasteiger partial charge in [0.2, 0.25) is 0 Å². The van der Waals surface area contributed by atoms with Crippen LogP contribution in [0, 0.1) is 13.8 Å². The van der Waals surface area contributed by atoms with Crippen LogP contribution in [0.4, 0.5) is 0 Å². The summed E-state index contributed by atoms with van der Waals surface area (Å²) in [4.78, 5) is 0. The molecule has 4 heteroatoms. The van der Waals surface area contributed by atoms with Crippen LogP contribution in [0.25, 0.3) is 26.6 Å². The van der Waals surface area contributed by atoms with Crippen molar-refractivity contribution < 1.29 is 50.7 Å². The van der Waals surface area contributed by atoms with Gasteiger partial charge in [0.25, 0.3) is 0 Å². The van der Waals surface area contributed by atoms with Gasteiger partial charge in [0, 0.05) is 5.12 Å². The first-order valence-corrected chi connectivity index (χ1v) is 12.0. The van der Waals surface area contributed by atoms with Gasteiger partial charge in [-0.2, -0.15) is 23.3 Å². The first kappa shape index (κ1) is 27.1. The minimum atomic E-state index is -0.281. The summed E-state index contributed by atoms with van der Waals surface area (Å²) in [5.74, 6) is 0. The summed E-state index contributed by atoms with van der Waals surface area (Å²) in [6, 6.07) is 29.1. The molecule has 1 heterocycles. The normalized spacial score (nSPS) is 12.6. The Bertz CT molecular complexity index is 1240. The van der Waals surface area contributed by atoms with Crippen LogP contribution in [-0.2, 0) is 38.7 Å². The van der Waals surface area contributed by atoms with E-state index in [4.69, 9.17) is 0 Å². The molecule has 0 radical (unpaired) electrons. The van der Waals surface area contributed by atoms with Gasteiger partial charge >= 0.3 is 25.8 Å². The summed E-state index contributed by atoms with van der Waals surface area (Å²) in [7, 11) is -0.281. The third-order valence-corrected chi connectivity index (χ3v) is 9.03. The molecule has 1 atom stereocenters. The van der Waals surface area contributed by atoms with E-state index in [2.05, 4.69) is 92.7 Å². The zero-order valence-electron chi connectivity index (χ0n) is 18.5. The summed E-state index contributed by atoms with van der Waals surface area (Å²) in [6.07, 6.45) is 5.31. The number of hydrogen-bond donors (Lipinski definition) is 0. The fourth-order valence-electron chi connectivity index (χ4n) is 4.65. The van der Waals surface area contributed by atoms with Crippen molar-refractivity contribution in [1.29, 1.82) is 0 Å². The Labute approximate surface area is 223 Å². The monoisotopic (exact) mass is 644 g/mol. The molecule has 0 bridgehead atoms. The van der Waals surface area contributed by atoms with Crippen molar-refractivity contribution in [3.63, 3.8) is 0 Å². The van der Waals surface area contributed by atoms with Gasteiger partial charge in [-0.25, -0.2) is 12.1 Å². The van der Waals surface area contributed by atoms with Gasteiger partial charge in [0.05, 0.1) is 0 Å². The van der Waals surface area contributed by atoms with Gasteiger partial charge in [-0.3, -0.25) is 0 Å². The van der Waals surface area contributed by atoms with Crippen LogP contribution in [0.5, 0.6) is 0 Å². The zero-order chi connectivity index (χ0) is 19.8. The average molecular weight is 644 g/mol. The van der Waals surface area contributed by atoms with Crippen molar-refractivity contribution in [1.82, 2.24) is 0 Å². The standard InChI is InChI=1S/C21H18P.C7H9.2ClH.Hf/c1-2-8-16-14-17(13-15(16)7-1)22-20-11-5-3-9-18(20)19-10-4-6-12-21(19)22;1-6-4-3-5-7(6)2;;;/h1-3,5,7-9,11,13-14H,4,6,10,12H2;3-5H,1-2H3;2*1H;/q2*-1;;;+4/p-2. The maximum Gasteiger partial charge on any atom is 4.00 e. The Balaban J connectivity index is 0.000000317.